The summed E-state index contributed by atoms with van der Waals surface area (Å²) in [5.74, 6) is -7.85. The lowest BCUT2D eigenvalue weighted by molar-refractivity contribution is -0.142. The number of fused-ring (bicyclic) bond motifs is 1. The second-order valence-corrected chi connectivity index (χ2v) is 16.1. The molecule has 2 rings (SSSR count). The summed E-state index contributed by atoms with van der Waals surface area (Å²) in [5, 5.41) is 64.8. The summed E-state index contributed by atoms with van der Waals surface area (Å²) < 4.78 is 0. The van der Waals surface area contributed by atoms with Gasteiger partial charge in [-0.1, -0.05) is 42.5 Å². The third-order valence-corrected chi connectivity index (χ3v) is 10.4. The van der Waals surface area contributed by atoms with Crippen LogP contribution in [0.25, 0.3) is 10.8 Å². The Labute approximate surface area is 398 Å². The first kappa shape index (κ1) is 57.2. The number of primary amides is 1. The highest BCUT2D eigenvalue weighted by molar-refractivity contribution is 5.96. The number of nitrogens with one attached hydrogen (secondary N) is 13. The summed E-state index contributed by atoms with van der Waals surface area (Å²) in [6, 6.07) is 5.19. The zero-order valence-corrected chi connectivity index (χ0v) is 38.4. The number of amides is 6. The van der Waals surface area contributed by atoms with Gasteiger partial charge in [0.2, 0.25) is 35.4 Å². The number of benzene rings is 2. The Hall–Kier alpha value is -7.97. The van der Waals surface area contributed by atoms with Crippen LogP contribution < -0.4 is 82.3 Å². The predicted octanol–water partition coefficient (Wildman–Crippen LogP) is -4.46. The summed E-state index contributed by atoms with van der Waals surface area (Å²) in [6.07, 6.45) is -0.243. The molecule has 0 aliphatic heterocycles. The van der Waals surface area contributed by atoms with Gasteiger partial charge in [-0.05, 0) is 80.5 Å². The van der Waals surface area contributed by atoms with E-state index in [4.69, 9.17) is 56.0 Å². The van der Waals surface area contributed by atoms with E-state index in [0.717, 1.165) is 16.3 Å². The highest BCUT2D eigenvalue weighted by Gasteiger charge is 2.33. The van der Waals surface area contributed by atoms with Gasteiger partial charge >= 0.3 is 5.97 Å². The molecule has 6 amide bonds. The zero-order chi connectivity index (χ0) is 51.5. The maximum Gasteiger partial charge on any atom is 0.326 e. The monoisotopic (exact) mass is 968 g/mol. The Balaban J connectivity index is 2.43. The van der Waals surface area contributed by atoms with E-state index in [1.807, 2.05) is 42.5 Å². The molecule has 27 nitrogen and oxygen atoms in total. The van der Waals surface area contributed by atoms with Crippen molar-refractivity contribution in [1.82, 2.24) is 47.9 Å². The van der Waals surface area contributed by atoms with Crippen LogP contribution in [0.1, 0.15) is 69.8 Å². The molecule has 2 aromatic carbocycles. The van der Waals surface area contributed by atoms with Crippen molar-refractivity contribution in [1.29, 1.82) is 21.6 Å². The number of carboxylic acid groups (broad SMARTS) is 1. The summed E-state index contributed by atoms with van der Waals surface area (Å²) in [6.45, 7) is 0.420. The van der Waals surface area contributed by atoms with Crippen molar-refractivity contribution in [3.8, 4) is 0 Å². The van der Waals surface area contributed by atoms with Crippen molar-refractivity contribution < 1.29 is 38.7 Å². The zero-order valence-electron chi connectivity index (χ0n) is 38.4. The molecule has 0 unspecified atom stereocenters. The number of guanidine groups is 4. The number of nitrogens with two attached hydrogens (primary N) is 6. The van der Waals surface area contributed by atoms with Gasteiger partial charge in [-0.3, -0.25) is 50.4 Å². The van der Waals surface area contributed by atoms with Crippen LogP contribution in [0.2, 0.25) is 0 Å². The van der Waals surface area contributed by atoms with Gasteiger partial charge in [0.15, 0.2) is 23.8 Å². The number of aliphatic carboxylic acids is 1. The Kier molecular flexibility index (Phi) is 25.1. The fraction of sp³-hybridized carbons (Fsp3) is 0.500. The van der Waals surface area contributed by atoms with E-state index >= 15 is 0 Å². The molecule has 0 fully saturated rings. The molecule has 0 bridgehead atoms. The molecule has 27 heteroatoms. The second-order valence-electron chi connectivity index (χ2n) is 16.1. The standard InChI is InChI=1S/C42H69N19O8/c43-26(22-23-13-14-24-7-1-2-8-25(24)21-23)33(63)57-27(9-3-17-53-39(45)46)34(64)58-28(10-4-18-54-40(47)48)35(65)59-29(11-5-19-55-41(49)50)36(66)60-30(12-6-20-56-42(51)52)37(67)61-31(38(68)69)15-16-32(44)62/h1-2,7-8,13-14,21,26-31H,3-6,9-12,15-20,22,43H2,(H2,44,62)(H,57,63)(H,58,64)(H,59,65)(H,60,66)(H,61,67)(H,68,69)(H4,45,46,53)(H4,47,48,54)(H4,49,50,55)(H4,51,52,56)/t26-,27-,28-,29-,30-,31-/m0/s1. The van der Waals surface area contributed by atoms with E-state index in [1.54, 1.807) is 0 Å². The molecule has 6 atom stereocenters. The predicted molar refractivity (Wildman–Crippen MR) is 258 cm³/mol. The molecule has 69 heavy (non-hydrogen) atoms. The fourth-order valence-electron chi connectivity index (χ4n) is 6.82. The van der Waals surface area contributed by atoms with Gasteiger partial charge < -0.3 is 87.4 Å². The molecular formula is C42H69N19O8. The molecule has 0 radical (unpaired) electrons. The second kappa shape index (κ2) is 30.3. The van der Waals surface area contributed by atoms with E-state index in [1.165, 1.54) is 0 Å². The van der Waals surface area contributed by atoms with Crippen LogP contribution >= 0.6 is 0 Å². The maximum atomic E-state index is 14.2. The highest BCUT2D eigenvalue weighted by Crippen LogP contribution is 2.17. The number of carbonyl (C=O) groups is 7. The first-order chi connectivity index (χ1) is 32.7. The van der Waals surface area contributed by atoms with Crippen molar-refractivity contribution in [2.24, 2.45) is 34.4 Å². The van der Waals surface area contributed by atoms with Crippen molar-refractivity contribution in [2.45, 2.75) is 107 Å². The lowest BCUT2D eigenvalue weighted by atomic mass is 10.0. The number of rotatable bonds is 32. The minimum atomic E-state index is -1.56. The number of carboxylic acids is 1. The lowest BCUT2D eigenvalue weighted by Crippen LogP contribution is -2.59. The van der Waals surface area contributed by atoms with Gasteiger partial charge in [-0.2, -0.15) is 0 Å². The first-order valence-electron chi connectivity index (χ1n) is 22.2. The van der Waals surface area contributed by atoms with E-state index in [-0.39, 0.29) is 121 Å². The van der Waals surface area contributed by atoms with Crippen LogP contribution in [0.3, 0.4) is 0 Å². The van der Waals surface area contributed by atoms with Crippen molar-refractivity contribution in [3.05, 3.63) is 48.0 Å². The largest absolute Gasteiger partial charge is 0.480 e. The summed E-state index contributed by atoms with van der Waals surface area (Å²) in [5.41, 5.74) is 34.0. The van der Waals surface area contributed by atoms with E-state index in [2.05, 4.69) is 47.9 Å². The average molecular weight is 968 g/mol. The van der Waals surface area contributed by atoms with Gasteiger partial charge in [0, 0.05) is 32.6 Å². The molecule has 0 aliphatic rings. The minimum absolute atomic E-state index is 0.00557. The third kappa shape index (κ3) is 23.4. The van der Waals surface area contributed by atoms with Crippen molar-refractivity contribution in [3.63, 3.8) is 0 Å². The van der Waals surface area contributed by atoms with Gasteiger partial charge in [0.25, 0.3) is 0 Å². The average Bonchev–Trinajstić information content (AvgIpc) is 3.28. The topological polar surface area (TPSA) is 500 Å². The molecule has 0 saturated carbocycles. The van der Waals surface area contributed by atoms with Crippen LogP contribution in [-0.2, 0) is 40.0 Å². The molecular weight excluding hydrogens is 899 g/mol. The van der Waals surface area contributed by atoms with Crippen LogP contribution in [0.5, 0.6) is 0 Å². The highest BCUT2D eigenvalue weighted by atomic mass is 16.4. The van der Waals surface area contributed by atoms with E-state index in [0.29, 0.717) is 0 Å². The van der Waals surface area contributed by atoms with Crippen LogP contribution in [-0.4, -0.2) is 133 Å². The van der Waals surface area contributed by atoms with Crippen LogP contribution in [0.15, 0.2) is 42.5 Å². The molecule has 0 saturated heterocycles. The van der Waals surface area contributed by atoms with Gasteiger partial charge in [-0.15, -0.1) is 0 Å². The summed E-state index contributed by atoms with van der Waals surface area (Å²) in [7, 11) is 0. The first-order valence-corrected chi connectivity index (χ1v) is 22.2. The quantitative estimate of drug-likeness (QED) is 0.0187. The SMILES string of the molecule is N=C(N)NCCC[C@H](NC(=O)[C@H](CCCNC(=N)N)NC(=O)[C@H](CCCNC(=N)N)NC(=O)[C@H](CCCNC(=N)N)NC(=O)[C@@H](N)Cc1ccc2ccccc2c1)C(=O)N[C@@H](CCC(N)=O)C(=O)O. The Morgan fingerprint density at radius 1 is 0.478 bits per heavy atom. The fourth-order valence-corrected chi connectivity index (χ4v) is 6.82. The van der Waals surface area contributed by atoms with Crippen LogP contribution in [0.4, 0.5) is 0 Å². The normalized spacial score (nSPS) is 13.3. The minimum Gasteiger partial charge on any atom is -0.480 e. The van der Waals surface area contributed by atoms with Gasteiger partial charge in [0.1, 0.15) is 30.2 Å². The van der Waals surface area contributed by atoms with E-state index in [9.17, 15) is 38.7 Å². The molecule has 0 spiro atoms. The maximum absolute atomic E-state index is 14.2. The third-order valence-electron chi connectivity index (χ3n) is 10.4. The van der Waals surface area contributed by atoms with Crippen LogP contribution in [0, 0.1) is 21.6 Å². The van der Waals surface area contributed by atoms with Gasteiger partial charge in [0.05, 0.1) is 6.04 Å². The lowest BCUT2D eigenvalue weighted by Gasteiger charge is -2.27. The summed E-state index contributed by atoms with van der Waals surface area (Å²) in [4.78, 5) is 93.0. The molecule has 0 aliphatic carbocycles. The van der Waals surface area contributed by atoms with E-state index < -0.39 is 77.7 Å². The molecule has 26 N–H and O–H groups in total. The number of hydrogen-bond acceptors (Lipinski definition) is 12. The Morgan fingerprint density at radius 3 is 1.17 bits per heavy atom. The number of carbonyl (C=O) groups excluding carboxylic acids is 6. The van der Waals surface area contributed by atoms with Crippen molar-refractivity contribution in [2.75, 3.05) is 26.2 Å². The summed E-state index contributed by atoms with van der Waals surface area (Å²) >= 11 is 0. The smallest absolute Gasteiger partial charge is 0.326 e. The molecule has 0 aromatic heterocycles. The molecule has 2 aromatic rings. The molecule has 380 valence electrons. The van der Waals surface area contributed by atoms with Gasteiger partial charge in [-0.25, -0.2) is 4.79 Å². The Morgan fingerprint density at radius 2 is 0.826 bits per heavy atom. The van der Waals surface area contributed by atoms with Crippen molar-refractivity contribution >= 4 is 76.0 Å². The number of hydrogen-bond donors (Lipinski definition) is 20. The molecule has 0 heterocycles. The Bertz CT molecular complexity index is 2120.